The van der Waals surface area contributed by atoms with Gasteiger partial charge in [0.05, 0.1) is 6.10 Å². The first-order valence-electron chi connectivity index (χ1n) is 7.16. The standard InChI is InChI=1S/C14H23N3O2S/c1-4-7-16-13(18)12-10(15)11(19-8(2)3)14(20-12)17-9-5-6-9/h8-9,17H,4-7,15H2,1-3H3,(H,16,18). The quantitative estimate of drug-likeness (QED) is 0.723. The van der Waals surface area contributed by atoms with Gasteiger partial charge in [-0.1, -0.05) is 6.92 Å². The first-order chi connectivity index (χ1) is 9.52. The van der Waals surface area contributed by atoms with Gasteiger partial charge in [-0.3, -0.25) is 4.79 Å². The van der Waals surface area contributed by atoms with Crippen molar-refractivity contribution in [3.63, 3.8) is 0 Å². The summed E-state index contributed by atoms with van der Waals surface area (Å²) in [5, 5.41) is 7.13. The Hall–Kier alpha value is -1.43. The molecule has 1 heterocycles. The molecule has 0 radical (unpaired) electrons. The highest BCUT2D eigenvalue weighted by atomic mass is 32.1. The minimum absolute atomic E-state index is 0.0261. The van der Waals surface area contributed by atoms with E-state index in [4.69, 9.17) is 10.5 Å². The van der Waals surface area contributed by atoms with Gasteiger partial charge in [-0.15, -0.1) is 11.3 Å². The van der Waals surface area contributed by atoms with Gasteiger partial charge in [-0.25, -0.2) is 0 Å². The number of nitrogens with one attached hydrogen (secondary N) is 2. The van der Waals surface area contributed by atoms with Crippen LogP contribution in [0.15, 0.2) is 0 Å². The average Bonchev–Trinajstić information content (AvgIpc) is 3.16. The smallest absolute Gasteiger partial charge is 0.263 e. The number of carbonyl (C=O) groups is 1. The van der Waals surface area contributed by atoms with Crippen LogP contribution >= 0.6 is 11.3 Å². The third kappa shape index (κ3) is 3.56. The Kier molecular flexibility index (Phi) is 4.75. The highest BCUT2D eigenvalue weighted by molar-refractivity contribution is 7.19. The molecular formula is C14H23N3O2S. The highest BCUT2D eigenvalue weighted by Crippen LogP contribution is 2.45. The fourth-order valence-electron chi connectivity index (χ4n) is 1.78. The zero-order valence-corrected chi connectivity index (χ0v) is 13.1. The lowest BCUT2D eigenvalue weighted by atomic mass is 10.3. The third-order valence-corrected chi connectivity index (χ3v) is 4.02. The SMILES string of the molecule is CCCNC(=O)c1sc(NC2CC2)c(OC(C)C)c1N. The molecule has 2 rings (SSSR count). The Labute approximate surface area is 123 Å². The van der Waals surface area contributed by atoms with E-state index in [0.29, 0.717) is 28.9 Å². The maximum absolute atomic E-state index is 12.1. The molecular weight excluding hydrogens is 274 g/mol. The summed E-state index contributed by atoms with van der Waals surface area (Å²) in [6.07, 6.45) is 3.25. The lowest BCUT2D eigenvalue weighted by molar-refractivity contribution is 0.0958. The molecule has 1 amide bonds. The van der Waals surface area contributed by atoms with Gasteiger partial charge >= 0.3 is 0 Å². The Morgan fingerprint density at radius 3 is 2.75 bits per heavy atom. The lowest BCUT2D eigenvalue weighted by Crippen LogP contribution is -2.23. The molecule has 20 heavy (non-hydrogen) atoms. The van der Waals surface area contributed by atoms with E-state index in [-0.39, 0.29) is 12.0 Å². The van der Waals surface area contributed by atoms with Crippen LogP contribution < -0.4 is 21.1 Å². The summed E-state index contributed by atoms with van der Waals surface area (Å²) in [4.78, 5) is 12.7. The van der Waals surface area contributed by atoms with Crippen LogP contribution in [0.1, 0.15) is 49.7 Å². The highest BCUT2D eigenvalue weighted by Gasteiger charge is 2.28. The fourth-order valence-corrected chi connectivity index (χ4v) is 2.83. The van der Waals surface area contributed by atoms with Crippen molar-refractivity contribution in [2.45, 2.75) is 52.2 Å². The monoisotopic (exact) mass is 297 g/mol. The van der Waals surface area contributed by atoms with Gasteiger partial charge in [0, 0.05) is 12.6 Å². The summed E-state index contributed by atoms with van der Waals surface area (Å²) in [5.74, 6) is 0.505. The number of ether oxygens (including phenoxy) is 1. The Morgan fingerprint density at radius 1 is 1.50 bits per heavy atom. The molecule has 5 nitrogen and oxygen atoms in total. The topological polar surface area (TPSA) is 76.4 Å². The summed E-state index contributed by atoms with van der Waals surface area (Å²) in [6, 6.07) is 0.495. The molecule has 1 aliphatic rings. The molecule has 1 aromatic rings. The van der Waals surface area contributed by atoms with Gasteiger partial charge in [0.1, 0.15) is 15.6 Å². The molecule has 1 aromatic heterocycles. The predicted molar refractivity (Wildman–Crippen MR) is 83.8 cm³/mol. The number of amides is 1. The molecule has 6 heteroatoms. The van der Waals surface area contributed by atoms with E-state index in [2.05, 4.69) is 10.6 Å². The van der Waals surface area contributed by atoms with Crippen molar-refractivity contribution in [2.24, 2.45) is 0 Å². The molecule has 0 unspecified atom stereocenters. The molecule has 4 N–H and O–H groups in total. The van der Waals surface area contributed by atoms with Crippen LogP contribution in [-0.2, 0) is 0 Å². The van der Waals surface area contributed by atoms with E-state index in [1.165, 1.54) is 11.3 Å². The van der Waals surface area contributed by atoms with Gasteiger partial charge in [0.15, 0.2) is 5.75 Å². The number of nitrogen functional groups attached to an aromatic ring is 1. The number of rotatable bonds is 7. The van der Waals surface area contributed by atoms with E-state index in [9.17, 15) is 4.79 Å². The summed E-state index contributed by atoms with van der Waals surface area (Å²) in [6.45, 7) is 6.58. The average molecular weight is 297 g/mol. The molecule has 112 valence electrons. The van der Waals surface area contributed by atoms with Gasteiger partial charge in [0.25, 0.3) is 5.91 Å². The van der Waals surface area contributed by atoms with Crippen molar-refractivity contribution in [1.82, 2.24) is 5.32 Å². The van der Waals surface area contributed by atoms with Crippen LogP contribution in [0.3, 0.4) is 0 Å². The van der Waals surface area contributed by atoms with Crippen molar-refractivity contribution >= 4 is 27.9 Å². The zero-order valence-electron chi connectivity index (χ0n) is 12.3. The van der Waals surface area contributed by atoms with E-state index in [1.54, 1.807) is 0 Å². The summed E-state index contributed by atoms with van der Waals surface area (Å²) >= 11 is 1.38. The summed E-state index contributed by atoms with van der Waals surface area (Å²) in [7, 11) is 0. The maximum atomic E-state index is 12.1. The summed E-state index contributed by atoms with van der Waals surface area (Å²) < 4.78 is 5.78. The van der Waals surface area contributed by atoms with Crippen molar-refractivity contribution < 1.29 is 9.53 Å². The van der Waals surface area contributed by atoms with E-state index >= 15 is 0 Å². The molecule has 0 aliphatic heterocycles. The molecule has 1 fully saturated rings. The summed E-state index contributed by atoms with van der Waals surface area (Å²) in [5.41, 5.74) is 6.55. The van der Waals surface area contributed by atoms with Crippen molar-refractivity contribution in [3.05, 3.63) is 4.88 Å². The second-order valence-corrected chi connectivity index (χ2v) is 6.36. The van der Waals surface area contributed by atoms with Gasteiger partial charge in [-0.2, -0.15) is 0 Å². The fraction of sp³-hybridized carbons (Fsp3) is 0.643. The molecule has 0 saturated heterocycles. The number of thiophene rings is 1. The minimum Gasteiger partial charge on any atom is -0.486 e. The van der Waals surface area contributed by atoms with Crippen molar-refractivity contribution in [3.8, 4) is 5.75 Å². The number of hydrogen-bond acceptors (Lipinski definition) is 5. The van der Waals surface area contributed by atoms with Crippen LogP contribution in [0.25, 0.3) is 0 Å². The van der Waals surface area contributed by atoms with Crippen LogP contribution in [0.2, 0.25) is 0 Å². The number of hydrogen-bond donors (Lipinski definition) is 3. The predicted octanol–water partition coefficient (Wildman–Crippen LogP) is 2.83. The lowest BCUT2D eigenvalue weighted by Gasteiger charge is -2.12. The van der Waals surface area contributed by atoms with Crippen LogP contribution in [0.4, 0.5) is 10.7 Å². The van der Waals surface area contributed by atoms with Crippen LogP contribution in [0.5, 0.6) is 5.75 Å². The number of carbonyl (C=O) groups excluding carboxylic acids is 1. The van der Waals surface area contributed by atoms with Crippen LogP contribution in [-0.4, -0.2) is 24.6 Å². The number of anilines is 2. The maximum Gasteiger partial charge on any atom is 0.263 e. The third-order valence-electron chi connectivity index (χ3n) is 2.91. The molecule has 0 bridgehead atoms. The Morgan fingerprint density at radius 2 is 2.20 bits per heavy atom. The van der Waals surface area contributed by atoms with Crippen molar-refractivity contribution in [2.75, 3.05) is 17.6 Å². The van der Waals surface area contributed by atoms with Crippen molar-refractivity contribution in [1.29, 1.82) is 0 Å². The molecule has 1 saturated carbocycles. The van der Waals surface area contributed by atoms with E-state index < -0.39 is 0 Å². The van der Waals surface area contributed by atoms with E-state index in [0.717, 1.165) is 24.3 Å². The Balaban J connectivity index is 2.22. The first-order valence-corrected chi connectivity index (χ1v) is 7.98. The van der Waals surface area contributed by atoms with Gasteiger partial charge in [-0.05, 0) is 33.1 Å². The second-order valence-electron chi connectivity index (χ2n) is 5.34. The van der Waals surface area contributed by atoms with Gasteiger partial charge < -0.3 is 21.1 Å². The Bertz CT molecular complexity index is 481. The largest absolute Gasteiger partial charge is 0.486 e. The van der Waals surface area contributed by atoms with E-state index in [1.807, 2.05) is 20.8 Å². The van der Waals surface area contributed by atoms with Crippen LogP contribution in [0, 0.1) is 0 Å². The molecule has 1 aliphatic carbocycles. The van der Waals surface area contributed by atoms with Gasteiger partial charge in [0.2, 0.25) is 0 Å². The molecule has 0 spiro atoms. The molecule has 0 aromatic carbocycles. The second kappa shape index (κ2) is 6.35. The number of nitrogens with two attached hydrogens (primary N) is 1. The first kappa shape index (κ1) is 15.0. The molecule has 0 atom stereocenters. The minimum atomic E-state index is -0.119. The zero-order chi connectivity index (χ0) is 14.7. The normalized spacial score (nSPS) is 14.4.